The maximum atomic E-state index is 13.4. The topological polar surface area (TPSA) is 76.1 Å². The van der Waals surface area contributed by atoms with Gasteiger partial charge in [-0.2, -0.15) is 0 Å². The first-order valence-corrected chi connectivity index (χ1v) is 13.4. The zero-order valence-corrected chi connectivity index (χ0v) is 22.7. The van der Waals surface area contributed by atoms with E-state index in [1.807, 2.05) is 67.6 Å². The van der Waals surface area contributed by atoms with Gasteiger partial charge in [0.2, 0.25) is 0 Å². The number of benzene rings is 4. The van der Waals surface area contributed by atoms with Crippen LogP contribution in [-0.2, 0) is 22.7 Å². The molecule has 1 aliphatic heterocycles. The Kier molecular flexibility index (Phi) is 8.18. The van der Waals surface area contributed by atoms with Gasteiger partial charge in [0.25, 0.3) is 11.7 Å². The van der Waals surface area contributed by atoms with Gasteiger partial charge in [0.15, 0.2) is 11.5 Å². The molecule has 7 heteroatoms. The molecule has 6 nitrogen and oxygen atoms in total. The number of amides is 1. The molecule has 4 aromatic carbocycles. The lowest BCUT2D eigenvalue weighted by atomic mass is 9.94. The van der Waals surface area contributed by atoms with Crippen molar-refractivity contribution >= 4 is 29.1 Å². The Bertz CT molecular complexity index is 1530. The van der Waals surface area contributed by atoms with Crippen molar-refractivity contribution in [3.8, 4) is 11.5 Å². The van der Waals surface area contributed by atoms with Crippen LogP contribution in [0.3, 0.4) is 0 Å². The van der Waals surface area contributed by atoms with Gasteiger partial charge in [0.05, 0.1) is 18.2 Å². The van der Waals surface area contributed by atoms with Gasteiger partial charge < -0.3 is 19.5 Å². The highest BCUT2D eigenvalue weighted by molar-refractivity contribution is 6.46. The lowest BCUT2D eigenvalue weighted by molar-refractivity contribution is -0.140. The second kappa shape index (κ2) is 12.1. The molecule has 5 rings (SSSR count). The molecule has 1 N–H and O–H groups in total. The number of nitrogens with zero attached hydrogens (tertiary/aromatic N) is 1. The predicted octanol–water partition coefficient (Wildman–Crippen LogP) is 6.94. The zero-order valence-electron chi connectivity index (χ0n) is 21.9. The standard InChI is InChI=1S/C33H28ClNO5/c1-2-39-28-19-25(15-18-27(28)40-21-23-11-7-4-8-12-23)30-29(31(36)24-13-16-26(34)17-14-24)32(37)33(38)35(30)20-22-9-5-3-6-10-22/h3-19,30,36H,2,20-21H2,1H3. The van der Waals surface area contributed by atoms with Gasteiger partial charge in [-0.25, -0.2) is 0 Å². The van der Waals surface area contributed by atoms with Crippen molar-refractivity contribution in [2.75, 3.05) is 6.61 Å². The minimum absolute atomic E-state index is 0.00339. The van der Waals surface area contributed by atoms with E-state index in [1.54, 1.807) is 42.5 Å². The third kappa shape index (κ3) is 5.72. The predicted molar refractivity (Wildman–Crippen MR) is 154 cm³/mol. The van der Waals surface area contributed by atoms with Crippen LogP contribution >= 0.6 is 11.6 Å². The Hall–Kier alpha value is -4.55. The van der Waals surface area contributed by atoms with Crippen LogP contribution < -0.4 is 9.47 Å². The fraction of sp³-hybridized carbons (Fsp3) is 0.152. The van der Waals surface area contributed by atoms with Crippen molar-refractivity contribution in [3.63, 3.8) is 0 Å². The highest BCUT2D eigenvalue weighted by atomic mass is 35.5. The van der Waals surface area contributed by atoms with Gasteiger partial charge in [-0.15, -0.1) is 0 Å². The highest BCUT2D eigenvalue weighted by Gasteiger charge is 2.46. The van der Waals surface area contributed by atoms with Gasteiger partial charge in [-0.3, -0.25) is 9.59 Å². The SMILES string of the molecule is CCOc1cc(C2C(=C(O)c3ccc(Cl)cc3)C(=O)C(=O)N2Cc2ccccc2)ccc1OCc1ccccc1. The van der Waals surface area contributed by atoms with Crippen molar-refractivity contribution in [2.24, 2.45) is 0 Å². The summed E-state index contributed by atoms with van der Waals surface area (Å²) in [5.41, 5.74) is 2.87. The second-order valence-corrected chi connectivity index (χ2v) is 9.77. The number of carbonyl (C=O) groups excluding carboxylic acids is 2. The number of likely N-dealkylation sites (tertiary alicyclic amines) is 1. The molecule has 4 aromatic rings. The van der Waals surface area contributed by atoms with Crippen LogP contribution in [0.5, 0.6) is 11.5 Å². The number of ketones is 1. The maximum absolute atomic E-state index is 13.4. The van der Waals surface area contributed by atoms with Crippen LogP contribution in [0.25, 0.3) is 5.76 Å². The number of aliphatic hydroxyl groups excluding tert-OH is 1. The molecule has 1 atom stereocenters. The lowest BCUT2D eigenvalue weighted by Gasteiger charge is -2.26. The van der Waals surface area contributed by atoms with E-state index in [0.29, 0.717) is 40.9 Å². The summed E-state index contributed by atoms with van der Waals surface area (Å²) < 4.78 is 12.0. The van der Waals surface area contributed by atoms with Gasteiger partial charge in [0.1, 0.15) is 12.4 Å². The number of Topliss-reactive ketones (excluding diaryl/α,β-unsaturated/α-hetero) is 1. The molecule has 1 amide bonds. The van der Waals surface area contributed by atoms with E-state index in [0.717, 1.165) is 11.1 Å². The Morgan fingerprint density at radius 1 is 0.825 bits per heavy atom. The molecule has 1 saturated heterocycles. The average Bonchev–Trinajstić information content (AvgIpc) is 3.22. The molecule has 0 radical (unpaired) electrons. The first kappa shape index (κ1) is 27.0. The van der Waals surface area contributed by atoms with E-state index >= 15 is 0 Å². The first-order valence-electron chi connectivity index (χ1n) is 13.0. The fourth-order valence-electron chi connectivity index (χ4n) is 4.75. The van der Waals surface area contributed by atoms with Crippen LogP contribution in [0.4, 0.5) is 0 Å². The monoisotopic (exact) mass is 553 g/mol. The minimum atomic E-state index is -0.849. The van der Waals surface area contributed by atoms with Crippen LogP contribution in [-0.4, -0.2) is 28.3 Å². The van der Waals surface area contributed by atoms with E-state index in [-0.39, 0.29) is 17.9 Å². The summed E-state index contributed by atoms with van der Waals surface area (Å²) >= 11 is 6.04. The van der Waals surface area contributed by atoms with Crippen LogP contribution in [0.2, 0.25) is 5.02 Å². The first-order chi connectivity index (χ1) is 19.5. The van der Waals surface area contributed by atoms with Crippen molar-refractivity contribution in [1.29, 1.82) is 0 Å². The molecule has 1 heterocycles. The summed E-state index contributed by atoms with van der Waals surface area (Å²) in [5, 5.41) is 11.8. The Labute approximate surface area is 238 Å². The third-order valence-corrected chi connectivity index (χ3v) is 6.93. The molecule has 1 aliphatic rings. The van der Waals surface area contributed by atoms with Gasteiger partial charge in [0, 0.05) is 17.1 Å². The van der Waals surface area contributed by atoms with E-state index in [1.165, 1.54) is 4.90 Å². The highest BCUT2D eigenvalue weighted by Crippen LogP contribution is 2.43. The zero-order chi connectivity index (χ0) is 28.1. The average molecular weight is 554 g/mol. The van der Waals surface area contributed by atoms with E-state index in [4.69, 9.17) is 21.1 Å². The molecule has 0 aliphatic carbocycles. The van der Waals surface area contributed by atoms with Crippen LogP contribution in [0, 0.1) is 0 Å². The smallest absolute Gasteiger partial charge is 0.295 e. The molecule has 0 aromatic heterocycles. The molecule has 0 spiro atoms. The Morgan fingerprint density at radius 2 is 1.48 bits per heavy atom. The summed E-state index contributed by atoms with van der Waals surface area (Å²) in [6, 6.07) is 30.2. The molecule has 0 bridgehead atoms. The summed E-state index contributed by atoms with van der Waals surface area (Å²) in [6.07, 6.45) is 0. The van der Waals surface area contributed by atoms with Gasteiger partial charge >= 0.3 is 0 Å². The molecule has 1 unspecified atom stereocenters. The van der Waals surface area contributed by atoms with Crippen LogP contribution in [0.15, 0.2) is 109 Å². The third-order valence-electron chi connectivity index (χ3n) is 6.67. The Balaban J connectivity index is 1.58. The Morgan fingerprint density at radius 3 is 2.12 bits per heavy atom. The molecular formula is C33H28ClNO5. The summed E-state index contributed by atoms with van der Waals surface area (Å²) in [6.45, 7) is 2.79. The fourth-order valence-corrected chi connectivity index (χ4v) is 4.88. The van der Waals surface area contributed by atoms with Crippen molar-refractivity contribution in [3.05, 3.63) is 136 Å². The minimum Gasteiger partial charge on any atom is -0.507 e. The number of rotatable bonds is 9. The van der Waals surface area contributed by atoms with Crippen molar-refractivity contribution in [2.45, 2.75) is 26.1 Å². The maximum Gasteiger partial charge on any atom is 0.295 e. The summed E-state index contributed by atoms with van der Waals surface area (Å²) in [7, 11) is 0. The number of hydrogen-bond acceptors (Lipinski definition) is 5. The van der Waals surface area contributed by atoms with Crippen LogP contribution in [0.1, 0.15) is 35.2 Å². The number of hydrogen-bond donors (Lipinski definition) is 1. The van der Waals surface area contributed by atoms with Gasteiger partial charge in [-0.05, 0) is 60.0 Å². The van der Waals surface area contributed by atoms with E-state index in [2.05, 4.69) is 0 Å². The number of aliphatic hydroxyl groups is 1. The van der Waals surface area contributed by atoms with Gasteiger partial charge in [-0.1, -0.05) is 78.3 Å². The normalized spacial score (nSPS) is 16.2. The van der Waals surface area contributed by atoms with Crippen molar-refractivity contribution in [1.82, 2.24) is 4.90 Å². The molecule has 40 heavy (non-hydrogen) atoms. The molecule has 202 valence electrons. The summed E-state index contributed by atoms with van der Waals surface area (Å²) in [5.74, 6) is -0.694. The molecular weight excluding hydrogens is 526 g/mol. The van der Waals surface area contributed by atoms with E-state index in [9.17, 15) is 14.7 Å². The largest absolute Gasteiger partial charge is 0.507 e. The number of halogens is 1. The summed E-state index contributed by atoms with van der Waals surface area (Å²) in [4.78, 5) is 28.3. The van der Waals surface area contributed by atoms with E-state index < -0.39 is 17.7 Å². The number of carbonyl (C=O) groups is 2. The molecule has 1 fully saturated rings. The number of ether oxygens (including phenoxy) is 2. The quantitative estimate of drug-likeness (QED) is 0.138. The molecule has 0 saturated carbocycles. The second-order valence-electron chi connectivity index (χ2n) is 9.33. The lowest BCUT2D eigenvalue weighted by Crippen LogP contribution is -2.29. The van der Waals surface area contributed by atoms with Crippen molar-refractivity contribution < 1.29 is 24.2 Å².